The van der Waals surface area contributed by atoms with E-state index in [-0.39, 0.29) is 10.5 Å². The van der Waals surface area contributed by atoms with E-state index in [0.29, 0.717) is 5.69 Å². The Morgan fingerprint density at radius 1 is 1.10 bits per heavy atom. The SMILES string of the molecule is N#Cc1ccccc1S(=O)(=O)Nc1ccc2sccc2c1. The summed E-state index contributed by atoms with van der Waals surface area (Å²) in [6, 6.07) is 15.3. The quantitative estimate of drug-likeness (QED) is 0.803. The number of rotatable bonds is 3. The molecule has 4 nitrogen and oxygen atoms in total. The molecule has 0 unspecified atom stereocenters. The summed E-state index contributed by atoms with van der Waals surface area (Å²) >= 11 is 1.60. The van der Waals surface area contributed by atoms with Crippen LogP contribution in [0.1, 0.15) is 5.56 Å². The molecule has 0 saturated heterocycles. The molecular formula is C15H10N2O2S2. The zero-order valence-electron chi connectivity index (χ0n) is 10.8. The first-order valence-corrected chi connectivity index (χ1v) is 8.46. The van der Waals surface area contributed by atoms with Crippen LogP contribution in [0.2, 0.25) is 0 Å². The molecule has 1 N–H and O–H groups in total. The summed E-state index contributed by atoms with van der Waals surface area (Å²) in [7, 11) is -3.78. The van der Waals surface area contributed by atoms with E-state index < -0.39 is 10.0 Å². The van der Waals surface area contributed by atoms with Gasteiger partial charge in [0.2, 0.25) is 0 Å². The Morgan fingerprint density at radius 2 is 1.90 bits per heavy atom. The van der Waals surface area contributed by atoms with Crippen molar-refractivity contribution in [3.05, 3.63) is 59.5 Å². The molecule has 1 aromatic heterocycles. The lowest BCUT2D eigenvalue weighted by Crippen LogP contribution is -2.14. The van der Waals surface area contributed by atoms with Crippen LogP contribution in [-0.2, 0) is 10.0 Å². The molecule has 1 heterocycles. The normalized spacial score (nSPS) is 11.2. The Balaban J connectivity index is 2.01. The lowest BCUT2D eigenvalue weighted by Gasteiger charge is -2.09. The third kappa shape index (κ3) is 2.61. The first-order chi connectivity index (χ1) is 10.1. The van der Waals surface area contributed by atoms with Gasteiger partial charge >= 0.3 is 0 Å². The van der Waals surface area contributed by atoms with Crippen molar-refractivity contribution in [1.29, 1.82) is 5.26 Å². The fourth-order valence-corrected chi connectivity index (χ4v) is 4.01. The Bertz CT molecular complexity index is 953. The standard InChI is InChI=1S/C15H10N2O2S2/c16-10-12-3-1-2-4-15(12)21(18,19)17-13-5-6-14-11(9-13)7-8-20-14/h1-9,17H. The number of nitriles is 1. The number of hydrogen-bond acceptors (Lipinski definition) is 4. The Kier molecular flexibility index (Phi) is 3.37. The van der Waals surface area contributed by atoms with E-state index in [1.54, 1.807) is 35.6 Å². The van der Waals surface area contributed by atoms with Crippen LogP contribution in [0.5, 0.6) is 0 Å². The molecule has 0 atom stereocenters. The van der Waals surface area contributed by atoms with Gasteiger partial charge in [0, 0.05) is 10.4 Å². The number of sulfonamides is 1. The van der Waals surface area contributed by atoms with Crippen LogP contribution < -0.4 is 4.72 Å². The van der Waals surface area contributed by atoms with E-state index in [1.165, 1.54) is 12.1 Å². The molecule has 6 heteroatoms. The van der Waals surface area contributed by atoms with Gasteiger partial charge in [-0.1, -0.05) is 12.1 Å². The molecule has 0 fully saturated rings. The van der Waals surface area contributed by atoms with Crippen LogP contribution in [-0.4, -0.2) is 8.42 Å². The zero-order valence-corrected chi connectivity index (χ0v) is 12.4. The highest BCUT2D eigenvalue weighted by Crippen LogP contribution is 2.26. The van der Waals surface area contributed by atoms with Crippen LogP contribution in [0.15, 0.2) is 58.8 Å². The topological polar surface area (TPSA) is 70.0 Å². The summed E-state index contributed by atoms with van der Waals surface area (Å²) in [4.78, 5) is -0.0158. The van der Waals surface area contributed by atoms with Crippen LogP contribution >= 0.6 is 11.3 Å². The number of anilines is 1. The molecular weight excluding hydrogens is 304 g/mol. The van der Waals surface area contributed by atoms with Crippen molar-refractivity contribution >= 4 is 37.1 Å². The van der Waals surface area contributed by atoms with Gasteiger partial charge in [0.15, 0.2) is 0 Å². The lowest BCUT2D eigenvalue weighted by molar-refractivity contribution is 0.601. The Labute approximate surface area is 126 Å². The highest BCUT2D eigenvalue weighted by atomic mass is 32.2. The van der Waals surface area contributed by atoms with E-state index in [0.717, 1.165) is 10.1 Å². The van der Waals surface area contributed by atoms with E-state index in [4.69, 9.17) is 5.26 Å². The largest absolute Gasteiger partial charge is 0.280 e. The van der Waals surface area contributed by atoms with Crippen molar-refractivity contribution in [3.63, 3.8) is 0 Å². The second-order valence-electron chi connectivity index (χ2n) is 4.39. The minimum absolute atomic E-state index is 0.0158. The predicted octanol–water partition coefficient (Wildman–Crippen LogP) is 3.57. The second kappa shape index (κ2) is 5.20. The molecule has 3 aromatic rings. The van der Waals surface area contributed by atoms with E-state index in [1.807, 2.05) is 23.6 Å². The lowest BCUT2D eigenvalue weighted by atomic mass is 10.2. The van der Waals surface area contributed by atoms with Crippen LogP contribution in [0, 0.1) is 11.3 Å². The zero-order chi connectivity index (χ0) is 14.9. The first-order valence-electron chi connectivity index (χ1n) is 6.09. The smallest absolute Gasteiger partial charge is 0.263 e. The van der Waals surface area contributed by atoms with Crippen LogP contribution in [0.25, 0.3) is 10.1 Å². The monoisotopic (exact) mass is 314 g/mol. The molecule has 0 bridgehead atoms. The first kappa shape index (κ1) is 13.6. The summed E-state index contributed by atoms with van der Waals surface area (Å²) in [5.74, 6) is 0. The third-order valence-electron chi connectivity index (χ3n) is 3.00. The van der Waals surface area contributed by atoms with Gasteiger partial charge in [-0.15, -0.1) is 11.3 Å². The molecule has 2 aromatic carbocycles. The third-order valence-corrected chi connectivity index (χ3v) is 5.34. The van der Waals surface area contributed by atoms with E-state index >= 15 is 0 Å². The van der Waals surface area contributed by atoms with Gasteiger partial charge < -0.3 is 0 Å². The Morgan fingerprint density at radius 3 is 2.71 bits per heavy atom. The van der Waals surface area contributed by atoms with Crippen LogP contribution in [0.3, 0.4) is 0 Å². The molecule has 0 saturated carbocycles. The molecule has 21 heavy (non-hydrogen) atoms. The highest BCUT2D eigenvalue weighted by molar-refractivity contribution is 7.92. The molecule has 0 aliphatic carbocycles. The summed E-state index contributed by atoms with van der Waals surface area (Å²) in [5.41, 5.74) is 0.607. The summed E-state index contributed by atoms with van der Waals surface area (Å²) in [6.45, 7) is 0. The highest BCUT2D eigenvalue weighted by Gasteiger charge is 2.18. The molecule has 0 aliphatic rings. The van der Waals surface area contributed by atoms with Gasteiger partial charge in [-0.05, 0) is 47.2 Å². The maximum absolute atomic E-state index is 12.4. The van der Waals surface area contributed by atoms with Crippen molar-refractivity contribution in [3.8, 4) is 6.07 Å². The number of benzene rings is 2. The molecule has 0 amide bonds. The number of thiophene rings is 1. The molecule has 3 rings (SSSR count). The molecule has 0 aliphatic heterocycles. The number of hydrogen-bond donors (Lipinski definition) is 1. The van der Waals surface area contributed by atoms with Crippen LogP contribution in [0.4, 0.5) is 5.69 Å². The number of fused-ring (bicyclic) bond motifs is 1. The number of nitrogens with one attached hydrogen (secondary N) is 1. The van der Waals surface area contributed by atoms with Crippen molar-refractivity contribution in [2.24, 2.45) is 0 Å². The van der Waals surface area contributed by atoms with Gasteiger partial charge in [0.25, 0.3) is 10.0 Å². The minimum atomic E-state index is -3.78. The van der Waals surface area contributed by atoms with Crippen molar-refractivity contribution in [1.82, 2.24) is 0 Å². The summed E-state index contributed by atoms with van der Waals surface area (Å²) < 4.78 is 28.4. The fourth-order valence-electron chi connectivity index (χ4n) is 2.03. The fraction of sp³-hybridized carbons (Fsp3) is 0. The van der Waals surface area contributed by atoms with E-state index in [9.17, 15) is 8.42 Å². The maximum atomic E-state index is 12.4. The second-order valence-corrected chi connectivity index (χ2v) is 6.99. The molecule has 0 radical (unpaired) electrons. The van der Waals surface area contributed by atoms with Gasteiger partial charge in [0.1, 0.15) is 11.0 Å². The summed E-state index contributed by atoms with van der Waals surface area (Å²) in [5, 5.41) is 12.0. The van der Waals surface area contributed by atoms with Gasteiger partial charge in [-0.3, -0.25) is 4.72 Å². The minimum Gasteiger partial charge on any atom is -0.280 e. The van der Waals surface area contributed by atoms with Crippen molar-refractivity contribution in [2.45, 2.75) is 4.90 Å². The van der Waals surface area contributed by atoms with Gasteiger partial charge in [0.05, 0.1) is 5.56 Å². The average Bonchev–Trinajstić information content (AvgIpc) is 2.94. The molecule has 104 valence electrons. The summed E-state index contributed by atoms with van der Waals surface area (Å²) in [6.07, 6.45) is 0. The Hall–Kier alpha value is -2.36. The van der Waals surface area contributed by atoms with Crippen molar-refractivity contribution in [2.75, 3.05) is 4.72 Å². The van der Waals surface area contributed by atoms with Gasteiger partial charge in [-0.2, -0.15) is 5.26 Å². The van der Waals surface area contributed by atoms with Crippen molar-refractivity contribution < 1.29 is 8.42 Å². The average molecular weight is 314 g/mol. The number of nitrogens with zero attached hydrogens (tertiary/aromatic N) is 1. The van der Waals surface area contributed by atoms with E-state index in [2.05, 4.69) is 4.72 Å². The van der Waals surface area contributed by atoms with Gasteiger partial charge in [-0.25, -0.2) is 8.42 Å². The molecule has 0 spiro atoms. The maximum Gasteiger partial charge on any atom is 0.263 e. The predicted molar refractivity (Wildman–Crippen MR) is 83.8 cm³/mol.